The molecule has 0 saturated heterocycles. The van der Waals surface area contributed by atoms with Crippen LogP contribution >= 0.6 is 0 Å². The molecule has 0 fully saturated rings. The Hall–Kier alpha value is -1.75. The van der Waals surface area contributed by atoms with Gasteiger partial charge in [0, 0.05) is 13.2 Å². The van der Waals surface area contributed by atoms with Gasteiger partial charge in [-0.3, -0.25) is 0 Å². The summed E-state index contributed by atoms with van der Waals surface area (Å²) in [5.41, 5.74) is 0.131. The van der Waals surface area contributed by atoms with Crippen LogP contribution in [0.25, 0.3) is 0 Å². The number of hydrogen-bond donors (Lipinski definition) is 1. The summed E-state index contributed by atoms with van der Waals surface area (Å²) in [4.78, 5) is 10.8. The van der Waals surface area contributed by atoms with Crippen molar-refractivity contribution in [2.75, 3.05) is 27.4 Å². The summed E-state index contributed by atoms with van der Waals surface area (Å²) >= 11 is 0. The van der Waals surface area contributed by atoms with Gasteiger partial charge in [-0.2, -0.15) is 0 Å². The van der Waals surface area contributed by atoms with E-state index in [4.69, 9.17) is 19.3 Å². The van der Waals surface area contributed by atoms with Crippen molar-refractivity contribution in [3.05, 3.63) is 23.8 Å². The van der Waals surface area contributed by atoms with Gasteiger partial charge in [-0.25, -0.2) is 4.79 Å². The van der Waals surface area contributed by atoms with Gasteiger partial charge in [0.2, 0.25) is 0 Å². The maximum absolute atomic E-state index is 10.8. The summed E-state index contributed by atoms with van der Waals surface area (Å²) in [7, 11) is 3.04. The quantitative estimate of drug-likeness (QED) is 0.743. The highest BCUT2D eigenvalue weighted by molar-refractivity contribution is 5.88. The summed E-state index contributed by atoms with van der Waals surface area (Å²) < 4.78 is 15.1. The molecule has 0 bridgehead atoms. The van der Waals surface area contributed by atoms with Gasteiger partial charge in [-0.15, -0.1) is 0 Å². The van der Waals surface area contributed by atoms with Crippen LogP contribution in [0.2, 0.25) is 0 Å². The third kappa shape index (κ3) is 3.43. The van der Waals surface area contributed by atoms with Gasteiger partial charge in [0.1, 0.15) is 18.1 Å². The van der Waals surface area contributed by atoms with Crippen LogP contribution in [0.15, 0.2) is 18.2 Å². The molecule has 0 unspecified atom stereocenters. The lowest BCUT2D eigenvalue weighted by Crippen LogP contribution is -2.05. The number of ether oxygens (including phenoxy) is 3. The van der Waals surface area contributed by atoms with E-state index in [0.29, 0.717) is 24.7 Å². The summed E-state index contributed by atoms with van der Waals surface area (Å²) in [6, 6.07) is 4.51. The first-order valence-electron chi connectivity index (χ1n) is 4.71. The van der Waals surface area contributed by atoms with E-state index in [1.165, 1.54) is 19.2 Å². The minimum absolute atomic E-state index is 0.131. The maximum Gasteiger partial charge on any atom is 0.335 e. The van der Waals surface area contributed by atoms with Crippen molar-refractivity contribution >= 4 is 5.97 Å². The van der Waals surface area contributed by atoms with Crippen molar-refractivity contribution in [2.24, 2.45) is 0 Å². The van der Waals surface area contributed by atoms with Crippen molar-refractivity contribution in [3.8, 4) is 11.5 Å². The van der Waals surface area contributed by atoms with E-state index in [-0.39, 0.29) is 5.56 Å². The van der Waals surface area contributed by atoms with E-state index in [2.05, 4.69) is 0 Å². The van der Waals surface area contributed by atoms with Crippen LogP contribution < -0.4 is 9.47 Å². The van der Waals surface area contributed by atoms with Crippen LogP contribution in [0.4, 0.5) is 0 Å². The fourth-order valence-corrected chi connectivity index (χ4v) is 1.14. The highest BCUT2D eigenvalue weighted by atomic mass is 16.5. The molecule has 88 valence electrons. The average Bonchev–Trinajstić information content (AvgIpc) is 2.29. The lowest BCUT2D eigenvalue weighted by Gasteiger charge is -2.08. The molecule has 0 spiro atoms. The molecule has 0 aliphatic rings. The molecule has 1 N–H and O–H groups in total. The lowest BCUT2D eigenvalue weighted by molar-refractivity contribution is 0.0695. The fourth-order valence-electron chi connectivity index (χ4n) is 1.14. The van der Waals surface area contributed by atoms with Crippen LogP contribution in [0.5, 0.6) is 11.5 Å². The lowest BCUT2D eigenvalue weighted by atomic mass is 10.2. The number of carboxylic acid groups (broad SMARTS) is 1. The SMILES string of the molecule is COCCOc1cc(OC)cc(C(=O)O)c1. The molecular weight excluding hydrogens is 212 g/mol. The van der Waals surface area contributed by atoms with E-state index in [0.717, 1.165) is 0 Å². The summed E-state index contributed by atoms with van der Waals surface area (Å²) in [5, 5.41) is 8.87. The predicted molar refractivity (Wildman–Crippen MR) is 57.3 cm³/mol. The van der Waals surface area contributed by atoms with Gasteiger partial charge in [0.05, 0.1) is 19.3 Å². The van der Waals surface area contributed by atoms with Crippen LogP contribution in [0, 0.1) is 0 Å². The van der Waals surface area contributed by atoms with E-state index in [1.807, 2.05) is 0 Å². The smallest absolute Gasteiger partial charge is 0.335 e. The Kier molecular flexibility index (Phi) is 4.60. The molecule has 0 atom stereocenters. The Bertz CT molecular complexity index is 361. The minimum atomic E-state index is -1.02. The summed E-state index contributed by atoms with van der Waals surface area (Å²) in [5.74, 6) is -0.114. The maximum atomic E-state index is 10.8. The van der Waals surface area contributed by atoms with Gasteiger partial charge in [-0.05, 0) is 12.1 Å². The molecule has 0 amide bonds. The van der Waals surface area contributed by atoms with Gasteiger partial charge >= 0.3 is 5.97 Å². The highest BCUT2D eigenvalue weighted by Gasteiger charge is 2.08. The molecule has 0 aliphatic carbocycles. The van der Waals surface area contributed by atoms with Crippen molar-refractivity contribution in [2.45, 2.75) is 0 Å². The number of benzene rings is 1. The van der Waals surface area contributed by atoms with Crippen molar-refractivity contribution in [1.82, 2.24) is 0 Å². The molecule has 0 saturated carbocycles. The monoisotopic (exact) mass is 226 g/mol. The van der Waals surface area contributed by atoms with Crippen LogP contribution in [0.1, 0.15) is 10.4 Å². The topological polar surface area (TPSA) is 65.0 Å². The molecule has 1 rings (SSSR count). The molecule has 0 heterocycles. The molecule has 1 aromatic carbocycles. The zero-order valence-electron chi connectivity index (χ0n) is 9.23. The Morgan fingerprint density at radius 2 is 1.88 bits per heavy atom. The predicted octanol–water partition coefficient (Wildman–Crippen LogP) is 1.42. The Balaban J connectivity index is 2.82. The van der Waals surface area contributed by atoms with Gasteiger partial charge < -0.3 is 19.3 Å². The van der Waals surface area contributed by atoms with Crippen LogP contribution in [-0.2, 0) is 4.74 Å². The van der Waals surface area contributed by atoms with Crippen LogP contribution in [-0.4, -0.2) is 38.5 Å². The Labute approximate surface area is 93.6 Å². The zero-order chi connectivity index (χ0) is 12.0. The minimum Gasteiger partial charge on any atom is -0.497 e. The molecule has 0 aromatic heterocycles. The number of methoxy groups -OCH3 is 2. The number of aromatic carboxylic acids is 1. The summed E-state index contributed by atoms with van der Waals surface area (Å²) in [6.45, 7) is 0.808. The Morgan fingerprint density at radius 3 is 2.44 bits per heavy atom. The largest absolute Gasteiger partial charge is 0.497 e. The zero-order valence-corrected chi connectivity index (χ0v) is 9.23. The number of rotatable bonds is 6. The fraction of sp³-hybridized carbons (Fsp3) is 0.364. The third-order valence-electron chi connectivity index (χ3n) is 1.92. The second kappa shape index (κ2) is 5.97. The first kappa shape index (κ1) is 12.3. The first-order valence-corrected chi connectivity index (χ1v) is 4.71. The van der Waals surface area contributed by atoms with Gasteiger partial charge in [0.25, 0.3) is 0 Å². The van der Waals surface area contributed by atoms with E-state index >= 15 is 0 Å². The van der Waals surface area contributed by atoms with Crippen LogP contribution in [0.3, 0.4) is 0 Å². The molecular formula is C11H14O5. The number of carboxylic acids is 1. The second-order valence-electron chi connectivity index (χ2n) is 3.04. The third-order valence-corrected chi connectivity index (χ3v) is 1.92. The molecule has 1 aromatic rings. The van der Waals surface area contributed by atoms with E-state index < -0.39 is 5.97 Å². The number of carbonyl (C=O) groups is 1. The number of hydrogen-bond acceptors (Lipinski definition) is 4. The molecule has 0 radical (unpaired) electrons. The van der Waals surface area contributed by atoms with Crippen molar-refractivity contribution < 1.29 is 24.1 Å². The van der Waals surface area contributed by atoms with Crippen molar-refractivity contribution in [1.29, 1.82) is 0 Å². The molecule has 16 heavy (non-hydrogen) atoms. The van der Waals surface area contributed by atoms with Gasteiger partial charge in [0.15, 0.2) is 0 Å². The Morgan fingerprint density at radius 1 is 1.19 bits per heavy atom. The standard InChI is InChI=1S/C11H14O5/c1-14-3-4-16-10-6-8(11(12)13)5-9(7-10)15-2/h5-7H,3-4H2,1-2H3,(H,12,13). The second-order valence-corrected chi connectivity index (χ2v) is 3.04. The highest BCUT2D eigenvalue weighted by Crippen LogP contribution is 2.22. The molecule has 0 aliphatic heterocycles. The average molecular weight is 226 g/mol. The van der Waals surface area contributed by atoms with E-state index in [9.17, 15) is 4.79 Å². The van der Waals surface area contributed by atoms with Gasteiger partial charge in [-0.1, -0.05) is 0 Å². The molecule has 5 nitrogen and oxygen atoms in total. The van der Waals surface area contributed by atoms with E-state index in [1.54, 1.807) is 13.2 Å². The van der Waals surface area contributed by atoms with Crippen molar-refractivity contribution in [3.63, 3.8) is 0 Å². The summed E-state index contributed by atoms with van der Waals surface area (Å²) in [6.07, 6.45) is 0. The normalized spacial score (nSPS) is 9.88. The first-order chi connectivity index (χ1) is 7.67. The molecule has 5 heteroatoms.